The van der Waals surface area contributed by atoms with Crippen LogP contribution in [0.2, 0.25) is 5.15 Å². The van der Waals surface area contributed by atoms with Crippen LogP contribution in [-0.2, 0) is 5.41 Å². The van der Waals surface area contributed by atoms with Crippen molar-refractivity contribution in [1.82, 2.24) is 9.97 Å². The van der Waals surface area contributed by atoms with E-state index >= 15 is 0 Å². The maximum absolute atomic E-state index is 6.23. The number of fused-ring (bicyclic) bond motifs is 1. The molecule has 0 fully saturated rings. The van der Waals surface area contributed by atoms with Crippen LogP contribution in [0.5, 0.6) is 0 Å². The molecule has 0 N–H and O–H groups in total. The van der Waals surface area contributed by atoms with Crippen LogP contribution in [-0.4, -0.2) is 9.97 Å². The zero-order valence-corrected chi connectivity index (χ0v) is 14.3. The zero-order chi connectivity index (χ0) is 15.2. The molecule has 0 bridgehead atoms. The summed E-state index contributed by atoms with van der Waals surface area (Å²) in [6.07, 6.45) is 0. The van der Waals surface area contributed by atoms with Crippen LogP contribution < -0.4 is 0 Å². The third-order valence-corrected chi connectivity index (χ3v) is 4.42. The molecule has 0 amide bonds. The number of aromatic nitrogens is 2. The summed E-state index contributed by atoms with van der Waals surface area (Å²) in [5, 5.41) is 1.41. The molecule has 108 valence electrons. The molecule has 0 unspecified atom stereocenters. The Kier molecular flexibility index (Phi) is 3.54. The number of hydrogen-bond acceptors (Lipinski definition) is 3. The minimum atomic E-state index is -0.147. The van der Waals surface area contributed by atoms with Crippen molar-refractivity contribution in [2.24, 2.45) is 0 Å². The molecular formula is C16H14BrClN2O. The second-order valence-electron chi connectivity index (χ2n) is 5.90. The topological polar surface area (TPSA) is 38.9 Å². The van der Waals surface area contributed by atoms with Gasteiger partial charge in [-0.3, -0.25) is 0 Å². The van der Waals surface area contributed by atoms with Crippen molar-refractivity contribution in [2.45, 2.75) is 26.2 Å². The molecule has 0 spiro atoms. The highest BCUT2D eigenvalue weighted by molar-refractivity contribution is 9.10. The highest BCUT2D eigenvalue weighted by Crippen LogP contribution is 2.35. The van der Waals surface area contributed by atoms with Gasteiger partial charge in [-0.1, -0.05) is 50.6 Å². The van der Waals surface area contributed by atoms with E-state index in [0.29, 0.717) is 16.7 Å². The van der Waals surface area contributed by atoms with Gasteiger partial charge in [0.05, 0.1) is 10.2 Å². The first-order valence-corrected chi connectivity index (χ1v) is 7.76. The van der Waals surface area contributed by atoms with Gasteiger partial charge in [0.1, 0.15) is 10.7 Å². The second kappa shape index (κ2) is 5.11. The Morgan fingerprint density at radius 3 is 2.52 bits per heavy atom. The van der Waals surface area contributed by atoms with Gasteiger partial charge < -0.3 is 4.42 Å². The highest BCUT2D eigenvalue weighted by Gasteiger charge is 2.24. The molecule has 3 rings (SSSR count). The lowest BCUT2D eigenvalue weighted by Crippen LogP contribution is -2.16. The molecule has 0 aliphatic heterocycles. The first-order chi connectivity index (χ1) is 9.86. The van der Waals surface area contributed by atoms with E-state index in [9.17, 15) is 0 Å². The van der Waals surface area contributed by atoms with Crippen LogP contribution in [0.1, 0.15) is 26.5 Å². The Bertz CT molecular complexity index is 788. The number of furan rings is 1. The van der Waals surface area contributed by atoms with Gasteiger partial charge >= 0.3 is 0 Å². The van der Waals surface area contributed by atoms with Crippen LogP contribution in [0, 0.1) is 0 Å². The smallest absolute Gasteiger partial charge is 0.197 e. The van der Waals surface area contributed by atoms with Crippen LogP contribution in [0.25, 0.3) is 22.6 Å². The molecule has 0 radical (unpaired) electrons. The van der Waals surface area contributed by atoms with Crippen molar-refractivity contribution in [1.29, 1.82) is 0 Å². The van der Waals surface area contributed by atoms with Gasteiger partial charge in [-0.05, 0) is 28.1 Å². The van der Waals surface area contributed by atoms with Gasteiger partial charge in [-0.2, -0.15) is 0 Å². The van der Waals surface area contributed by atoms with Crippen molar-refractivity contribution in [3.63, 3.8) is 0 Å². The van der Waals surface area contributed by atoms with Gasteiger partial charge in [0.25, 0.3) is 0 Å². The average molecular weight is 366 g/mol. The Morgan fingerprint density at radius 1 is 1.14 bits per heavy atom. The summed E-state index contributed by atoms with van der Waals surface area (Å²) in [6.45, 7) is 6.25. The fourth-order valence-electron chi connectivity index (χ4n) is 2.12. The Hall–Kier alpha value is -1.39. The van der Waals surface area contributed by atoms with E-state index in [1.807, 2.05) is 30.3 Å². The van der Waals surface area contributed by atoms with Crippen molar-refractivity contribution in [2.75, 3.05) is 0 Å². The summed E-state index contributed by atoms with van der Waals surface area (Å²) in [4.78, 5) is 8.96. The highest BCUT2D eigenvalue weighted by atomic mass is 79.9. The van der Waals surface area contributed by atoms with E-state index in [1.54, 1.807) is 0 Å². The summed E-state index contributed by atoms with van der Waals surface area (Å²) in [6, 6.07) is 9.75. The molecule has 1 aromatic carbocycles. The van der Waals surface area contributed by atoms with Gasteiger partial charge in [0.2, 0.25) is 0 Å². The lowest BCUT2D eigenvalue weighted by Gasteiger charge is -2.20. The van der Waals surface area contributed by atoms with E-state index in [4.69, 9.17) is 16.0 Å². The number of hydrogen-bond donors (Lipinski definition) is 0. The Labute approximate surface area is 136 Å². The van der Waals surface area contributed by atoms with Gasteiger partial charge in [-0.25, -0.2) is 9.97 Å². The molecule has 0 saturated heterocycles. The average Bonchev–Trinajstić information content (AvgIpc) is 2.84. The molecule has 0 aliphatic rings. The van der Waals surface area contributed by atoms with E-state index in [2.05, 4.69) is 46.7 Å². The molecule has 0 saturated carbocycles. The fraction of sp³-hybridized carbons (Fsp3) is 0.250. The van der Waals surface area contributed by atoms with Crippen molar-refractivity contribution in [3.05, 3.63) is 45.7 Å². The molecule has 3 aromatic rings. The van der Waals surface area contributed by atoms with Crippen molar-refractivity contribution in [3.8, 4) is 11.6 Å². The number of benzene rings is 1. The van der Waals surface area contributed by atoms with Gasteiger partial charge in [0.15, 0.2) is 11.6 Å². The maximum Gasteiger partial charge on any atom is 0.197 e. The monoisotopic (exact) mass is 364 g/mol. The maximum atomic E-state index is 6.23. The molecule has 5 heteroatoms. The third kappa shape index (κ3) is 2.70. The molecule has 3 nitrogen and oxygen atoms in total. The van der Waals surface area contributed by atoms with Crippen LogP contribution >= 0.6 is 27.5 Å². The Morgan fingerprint density at radius 2 is 1.86 bits per heavy atom. The number of nitrogens with zero attached hydrogens (tertiary/aromatic N) is 2. The predicted octanol–water partition coefficient (Wildman–Crippen LogP) is 5.60. The zero-order valence-electron chi connectivity index (χ0n) is 11.9. The SMILES string of the molecule is CC(C)(C)c1nc(-c2cc3ccccc3o2)nc(Cl)c1Br. The third-order valence-electron chi connectivity index (χ3n) is 3.17. The lowest BCUT2D eigenvalue weighted by molar-refractivity contribution is 0.560. The minimum Gasteiger partial charge on any atom is -0.453 e. The van der Waals surface area contributed by atoms with Crippen LogP contribution in [0.3, 0.4) is 0 Å². The normalized spacial score (nSPS) is 12.0. The molecule has 2 heterocycles. The minimum absolute atomic E-state index is 0.147. The van der Waals surface area contributed by atoms with E-state index in [0.717, 1.165) is 21.1 Å². The summed E-state index contributed by atoms with van der Waals surface area (Å²) in [7, 11) is 0. The van der Waals surface area contributed by atoms with Crippen LogP contribution in [0.15, 0.2) is 39.2 Å². The molecule has 21 heavy (non-hydrogen) atoms. The van der Waals surface area contributed by atoms with E-state index < -0.39 is 0 Å². The quantitative estimate of drug-likeness (QED) is 0.527. The summed E-state index contributed by atoms with van der Waals surface area (Å²) in [5.41, 5.74) is 1.53. The largest absolute Gasteiger partial charge is 0.453 e. The summed E-state index contributed by atoms with van der Waals surface area (Å²) in [5.74, 6) is 1.13. The number of halogens is 2. The predicted molar refractivity (Wildman–Crippen MR) is 88.7 cm³/mol. The number of para-hydroxylation sites is 1. The van der Waals surface area contributed by atoms with E-state index in [1.165, 1.54) is 0 Å². The molecule has 2 aromatic heterocycles. The Balaban J connectivity index is 2.20. The molecule has 0 aliphatic carbocycles. The first kappa shape index (κ1) is 14.5. The molecular weight excluding hydrogens is 352 g/mol. The van der Waals surface area contributed by atoms with Gasteiger partial charge in [0, 0.05) is 10.8 Å². The molecule has 0 atom stereocenters. The van der Waals surface area contributed by atoms with Gasteiger partial charge in [-0.15, -0.1) is 0 Å². The van der Waals surface area contributed by atoms with Crippen molar-refractivity contribution < 1.29 is 4.42 Å². The lowest BCUT2D eigenvalue weighted by atomic mass is 9.92. The van der Waals surface area contributed by atoms with Crippen LogP contribution in [0.4, 0.5) is 0 Å². The van der Waals surface area contributed by atoms with Crippen molar-refractivity contribution >= 4 is 38.5 Å². The summed E-state index contributed by atoms with van der Waals surface area (Å²) >= 11 is 9.70. The van der Waals surface area contributed by atoms with E-state index in [-0.39, 0.29) is 5.41 Å². The first-order valence-electron chi connectivity index (χ1n) is 6.59. The fourth-order valence-corrected chi connectivity index (χ4v) is 3.06. The summed E-state index contributed by atoms with van der Waals surface area (Å²) < 4.78 is 6.55. The number of rotatable bonds is 1. The standard InChI is InChI=1S/C16H14BrClN2O/c1-16(2,3)13-12(17)14(18)20-15(19-13)11-8-9-6-4-5-7-10(9)21-11/h4-8H,1-3H3. The second-order valence-corrected chi connectivity index (χ2v) is 7.05.